The van der Waals surface area contributed by atoms with Crippen LogP contribution in [0.25, 0.3) is 0 Å². The summed E-state index contributed by atoms with van der Waals surface area (Å²) in [5.74, 6) is 0.566. The van der Waals surface area contributed by atoms with Gasteiger partial charge < -0.3 is 15.4 Å². The molecule has 0 radical (unpaired) electrons. The number of hydrogen-bond acceptors (Lipinski definition) is 3. The number of anilines is 1. The highest BCUT2D eigenvalue weighted by atomic mass is 16.5. The van der Waals surface area contributed by atoms with Crippen molar-refractivity contribution in [2.75, 3.05) is 19.9 Å². The van der Waals surface area contributed by atoms with Gasteiger partial charge in [-0.05, 0) is 25.5 Å². The Labute approximate surface area is 102 Å². The first-order valence-electron chi connectivity index (χ1n) is 5.71. The van der Waals surface area contributed by atoms with Gasteiger partial charge in [-0.1, -0.05) is 6.92 Å². The lowest BCUT2D eigenvalue weighted by molar-refractivity contribution is 0.0740. The van der Waals surface area contributed by atoms with Gasteiger partial charge in [-0.25, -0.2) is 0 Å². The maximum Gasteiger partial charge on any atom is 0.254 e. The highest BCUT2D eigenvalue weighted by molar-refractivity contribution is 5.95. The molecule has 1 unspecified atom stereocenters. The zero-order chi connectivity index (χ0) is 13.0. The molecule has 1 aromatic rings. The number of carbonyl (C=O) groups is 1. The average Bonchev–Trinajstić information content (AvgIpc) is 2.35. The number of nitrogens with two attached hydrogens (primary N) is 1. The Morgan fingerprint density at radius 2 is 2.12 bits per heavy atom. The van der Waals surface area contributed by atoms with Crippen LogP contribution in [0.1, 0.15) is 30.6 Å². The number of rotatable bonds is 4. The van der Waals surface area contributed by atoms with E-state index in [-0.39, 0.29) is 11.9 Å². The van der Waals surface area contributed by atoms with Crippen LogP contribution in [0.4, 0.5) is 5.69 Å². The summed E-state index contributed by atoms with van der Waals surface area (Å²) in [4.78, 5) is 13.9. The van der Waals surface area contributed by atoms with Crippen molar-refractivity contribution in [3.63, 3.8) is 0 Å². The standard InChI is InChI=1S/C13H20N2O2/c1-5-9(2)15(3)13(16)10-6-11(14)8-12(7-10)17-4/h6-9H,5,14H2,1-4H3. The number of ether oxygens (including phenoxy) is 1. The van der Waals surface area contributed by atoms with Crippen molar-refractivity contribution < 1.29 is 9.53 Å². The predicted octanol–water partition coefficient (Wildman–Crippen LogP) is 2.15. The number of benzene rings is 1. The fourth-order valence-electron chi connectivity index (χ4n) is 1.54. The van der Waals surface area contributed by atoms with E-state index >= 15 is 0 Å². The summed E-state index contributed by atoms with van der Waals surface area (Å²) in [6, 6.07) is 5.27. The third-order valence-electron chi connectivity index (χ3n) is 2.98. The van der Waals surface area contributed by atoms with Crippen molar-refractivity contribution in [3.05, 3.63) is 23.8 Å². The molecule has 1 rings (SSSR count). The predicted molar refractivity (Wildman–Crippen MR) is 69.3 cm³/mol. The first kappa shape index (κ1) is 13.4. The lowest BCUT2D eigenvalue weighted by atomic mass is 10.1. The van der Waals surface area contributed by atoms with Crippen molar-refractivity contribution in [1.82, 2.24) is 4.90 Å². The first-order chi connectivity index (χ1) is 7.99. The van der Waals surface area contributed by atoms with E-state index < -0.39 is 0 Å². The van der Waals surface area contributed by atoms with E-state index in [1.807, 2.05) is 13.8 Å². The van der Waals surface area contributed by atoms with Crippen molar-refractivity contribution in [2.45, 2.75) is 26.3 Å². The molecule has 0 aliphatic rings. The summed E-state index contributed by atoms with van der Waals surface area (Å²) in [6.45, 7) is 4.07. The van der Waals surface area contributed by atoms with Gasteiger partial charge >= 0.3 is 0 Å². The van der Waals surface area contributed by atoms with Crippen molar-refractivity contribution in [1.29, 1.82) is 0 Å². The van der Waals surface area contributed by atoms with Crippen LogP contribution >= 0.6 is 0 Å². The van der Waals surface area contributed by atoms with Crippen LogP contribution in [0.3, 0.4) is 0 Å². The van der Waals surface area contributed by atoms with E-state index in [9.17, 15) is 4.79 Å². The second kappa shape index (κ2) is 5.57. The molecule has 94 valence electrons. The van der Waals surface area contributed by atoms with Gasteiger partial charge in [0.05, 0.1) is 7.11 Å². The quantitative estimate of drug-likeness (QED) is 0.815. The molecule has 0 saturated carbocycles. The Morgan fingerprint density at radius 3 is 2.65 bits per heavy atom. The van der Waals surface area contributed by atoms with Gasteiger partial charge in [0.2, 0.25) is 0 Å². The van der Waals surface area contributed by atoms with E-state index in [2.05, 4.69) is 0 Å². The van der Waals surface area contributed by atoms with Crippen molar-refractivity contribution in [2.24, 2.45) is 0 Å². The van der Waals surface area contributed by atoms with E-state index in [1.54, 1.807) is 37.3 Å². The minimum atomic E-state index is -0.0371. The molecule has 0 aliphatic heterocycles. The van der Waals surface area contributed by atoms with Crippen LogP contribution in [0.5, 0.6) is 5.75 Å². The third kappa shape index (κ3) is 3.12. The summed E-state index contributed by atoms with van der Waals surface area (Å²) in [5, 5.41) is 0. The molecular weight excluding hydrogens is 216 g/mol. The molecule has 0 aromatic heterocycles. The Balaban J connectivity index is 2.99. The molecule has 0 bridgehead atoms. The number of amides is 1. The van der Waals surface area contributed by atoms with Crippen LogP contribution in [0.15, 0.2) is 18.2 Å². The monoisotopic (exact) mass is 236 g/mol. The largest absolute Gasteiger partial charge is 0.497 e. The molecule has 0 heterocycles. The molecule has 4 heteroatoms. The minimum Gasteiger partial charge on any atom is -0.497 e. The van der Waals surface area contributed by atoms with Gasteiger partial charge in [-0.2, -0.15) is 0 Å². The molecule has 1 amide bonds. The van der Waals surface area contributed by atoms with E-state index in [1.165, 1.54) is 0 Å². The van der Waals surface area contributed by atoms with E-state index in [0.717, 1.165) is 6.42 Å². The number of carbonyl (C=O) groups excluding carboxylic acids is 1. The third-order valence-corrected chi connectivity index (χ3v) is 2.98. The Hall–Kier alpha value is -1.71. The Kier molecular flexibility index (Phi) is 4.37. The molecule has 0 saturated heterocycles. The van der Waals surface area contributed by atoms with Gasteiger partial charge in [0, 0.05) is 30.4 Å². The van der Waals surface area contributed by atoms with Gasteiger partial charge in [0.25, 0.3) is 5.91 Å². The van der Waals surface area contributed by atoms with Crippen LogP contribution in [0.2, 0.25) is 0 Å². The SMILES string of the molecule is CCC(C)N(C)C(=O)c1cc(N)cc(OC)c1. The number of hydrogen-bond donors (Lipinski definition) is 1. The van der Waals surface area contributed by atoms with E-state index in [4.69, 9.17) is 10.5 Å². The summed E-state index contributed by atoms with van der Waals surface area (Å²) in [5.41, 5.74) is 6.82. The molecule has 1 aromatic carbocycles. The number of methoxy groups -OCH3 is 1. The molecule has 0 spiro atoms. The number of nitrogen functional groups attached to an aromatic ring is 1. The van der Waals surface area contributed by atoms with Crippen LogP contribution in [0, 0.1) is 0 Å². The molecule has 0 aliphatic carbocycles. The zero-order valence-electron chi connectivity index (χ0n) is 10.9. The maximum absolute atomic E-state index is 12.2. The molecule has 0 fully saturated rings. The smallest absolute Gasteiger partial charge is 0.254 e. The molecular formula is C13H20N2O2. The summed E-state index contributed by atoms with van der Waals surface area (Å²) >= 11 is 0. The fourth-order valence-corrected chi connectivity index (χ4v) is 1.54. The number of nitrogens with zero attached hydrogens (tertiary/aromatic N) is 1. The highest BCUT2D eigenvalue weighted by Gasteiger charge is 2.17. The minimum absolute atomic E-state index is 0.0371. The van der Waals surface area contributed by atoms with Gasteiger partial charge in [-0.15, -0.1) is 0 Å². The summed E-state index contributed by atoms with van der Waals surface area (Å²) < 4.78 is 5.10. The molecule has 2 N–H and O–H groups in total. The highest BCUT2D eigenvalue weighted by Crippen LogP contribution is 2.20. The first-order valence-corrected chi connectivity index (χ1v) is 5.71. The summed E-state index contributed by atoms with van der Waals surface area (Å²) in [6.07, 6.45) is 0.918. The van der Waals surface area contributed by atoms with Gasteiger partial charge in [-0.3, -0.25) is 4.79 Å². The van der Waals surface area contributed by atoms with Crippen LogP contribution in [-0.4, -0.2) is 31.0 Å². The molecule has 17 heavy (non-hydrogen) atoms. The maximum atomic E-state index is 12.2. The van der Waals surface area contributed by atoms with Gasteiger partial charge in [0.15, 0.2) is 0 Å². The van der Waals surface area contributed by atoms with Crippen molar-refractivity contribution in [3.8, 4) is 5.75 Å². The average molecular weight is 236 g/mol. The second-order valence-electron chi connectivity index (χ2n) is 4.17. The van der Waals surface area contributed by atoms with Crippen LogP contribution < -0.4 is 10.5 Å². The van der Waals surface area contributed by atoms with Crippen LogP contribution in [-0.2, 0) is 0 Å². The molecule has 4 nitrogen and oxygen atoms in total. The molecule has 1 atom stereocenters. The van der Waals surface area contributed by atoms with Gasteiger partial charge in [0.1, 0.15) is 5.75 Å². The normalized spacial score (nSPS) is 12.0. The van der Waals surface area contributed by atoms with E-state index in [0.29, 0.717) is 17.0 Å². The fraction of sp³-hybridized carbons (Fsp3) is 0.462. The zero-order valence-corrected chi connectivity index (χ0v) is 10.9. The Morgan fingerprint density at radius 1 is 1.47 bits per heavy atom. The lowest BCUT2D eigenvalue weighted by Gasteiger charge is -2.24. The lowest BCUT2D eigenvalue weighted by Crippen LogP contribution is -2.34. The van der Waals surface area contributed by atoms with Crippen molar-refractivity contribution >= 4 is 11.6 Å². The summed E-state index contributed by atoms with van der Waals surface area (Å²) in [7, 11) is 3.35. The second-order valence-corrected chi connectivity index (χ2v) is 4.17. The Bertz CT molecular complexity index is 404. The topological polar surface area (TPSA) is 55.6 Å².